The molecule has 122 valence electrons. The van der Waals surface area contributed by atoms with Crippen LogP contribution in [0.2, 0.25) is 0 Å². The lowest BCUT2D eigenvalue weighted by Gasteiger charge is -2.37. The monoisotopic (exact) mass is 320 g/mol. The molecule has 0 aromatic heterocycles. The van der Waals surface area contributed by atoms with Crippen molar-refractivity contribution in [3.05, 3.63) is 71.8 Å². The first kappa shape index (κ1) is 14.9. The van der Waals surface area contributed by atoms with Gasteiger partial charge in [-0.25, -0.2) is 0 Å². The van der Waals surface area contributed by atoms with Gasteiger partial charge in [0.15, 0.2) is 0 Å². The van der Waals surface area contributed by atoms with Crippen molar-refractivity contribution >= 4 is 11.8 Å². The molecule has 1 N–H and O–H groups in total. The zero-order valence-electron chi connectivity index (χ0n) is 13.4. The minimum atomic E-state index is -0.107. The number of hydrogen-bond acceptors (Lipinski definition) is 2. The molecule has 0 radical (unpaired) electrons. The van der Waals surface area contributed by atoms with Gasteiger partial charge in [-0.05, 0) is 17.0 Å². The summed E-state index contributed by atoms with van der Waals surface area (Å²) in [6.07, 6.45) is 0.914. The molecule has 2 atom stereocenters. The lowest BCUT2D eigenvalue weighted by molar-refractivity contribution is -0.131. The van der Waals surface area contributed by atoms with E-state index in [0.717, 1.165) is 11.1 Å². The highest BCUT2D eigenvalue weighted by atomic mass is 16.2. The van der Waals surface area contributed by atoms with E-state index in [2.05, 4.69) is 29.6 Å². The Morgan fingerprint density at radius 2 is 1.46 bits per heavy atom. The fraction of sp³-hybridized carbons (Fsp3) is 0.300. The normalized spacial score (nSPS) is 23.3. The summed E-state index contributed by atoms with van der Waals surface area (Å²) in [5, 5.41) is 2.93. The second-order valence-corrected chi connectivity index (χ2v) is 6.56. The molecule has 0 bridgehead atoms. The Morgan fingerprint density at radius 1 is 0.875 bits per heavy atom. The van der Waals surface area contributed by atoms with E-state index in [4.69, 9.17) is 0 Å². The molecule has 2 amide bonds. The van der Waals surface area contributed by atoms with E-state index in [1.165, 1.54) is 0 Å². The van der Waals surface area contributed by atoms with Crippen LogP contribution in [-0.2, 0) is 9.59 Å². The van der Waals surface area contributed by atoms with E-state index in [9.17, 15) is 9.59 Å². The summed E-state index contributed by atoms with van der Waals surface area (Å²) in [5.41, 5.74) is 2.21. The standard InChI is InChI=1S/C20H20N2O2/c23-18-11-16-12-19(24)22(17(16)13-21-18)20(14-7-3-1-4-8-14)15-9-5-2-6-10-15/h1-10,16-17,20H,11-13H2,(H,21,23)/t16-,17-/m0/s1. The molecule has 2 aliphatic rings. The molecular formula is C20H20N2O2. The number of likely N-dealkylation sites (tertiary alicyclic amines) is 1. The predicted molar refractivity (Wildman–Crippen MR) is 91.1 cm³/mol. The fourth-order valence-corrected chi connectivity index (χ4v) is 4.00. The van der Waals surface area contributed by atoms with E-state index in [1.54, 1.807) is 0 Å². The van der Waals surface area contributed by atoms with E-state index < -0.39 is 0 Å². The second-order valence-electron chi connectivity index (χ2n) is 6.56. The molecule has 2 heterocycles. The van der Waals surface area contributed by atoms with Gasteiger partial charge in [0, 0.05) is 19.4 Å². The largest absolute Gasteiger partial charge is 0.354 e. The first-order valence-corrected chi connectivity index (χ1v) is 8.42. The predicted octanol–water partition coefficient (Wildman–Crippen LogP) is 2.51. The summed E-state index contributed by atoms with van der Waals surface area (Å²) in [6.45, 7) is 0.547. The third-order valence-electron chi connectivity index (χ3n) is 5.09. The van der Waals surface area contributed by atoms with Gasteiger partial charge in [0.25, 0.3) is 0 Å². The van der Waals surface area contributed by atoms with Gasteiger partial charge >= 0.3 is 0 Å². The third-order valence-corrected chi connectivity index (χ3v) is 5.09. The molecule has 4 rings (SSSR count). The maximum atomic E-state index is 12.8. The molecule has 0 saturated carbocycles. The Hall–Kier alpha value is -2.62. The van der Waals surface area contributed by atoms with Crippen LogP contribution in [-0.4, -0.2) is 29.3 Å². The summed E-state index contributed by atoms with van der Waals surface area (Å²) in [5.74, 6) is 0.322. The number of piperidine rings is 1. The Kier molecular flexibility index (Phi) is 3.81. The number of fused-ring (bicyclic) bond motifs is 1. The zero-order valence-corrected chi connectivity index (χ0v) is 13.4. The summed E-state index contributed by atoms with van der Waals surface area (Å²) in [7, 11) is 0. The molecule has 24 heavy (non-hydrogen) atoms. The van der Waals surface area contributed by atoms with Gasteiger partial charge < -0.3 is 10.2 Å². The lowest BCUT2D eigenvalue weighted by Crippen LogP contribution is -2.50. The number of benzene rings is 2. The molecule has 4 heteroatoms. The lowest BCUT2D eigenvalue weighted by atomic mass is 9.91. The van der Waals surface area contributed by atoms with Crippen molar-refractivity contribution in [3.63, 3.8) is 0 Å². The van der Waals surface area contributed by atoms with Gasteiger partial charge in [-0.3, -0.25) is 9.59 Å². The van der Waals surface area contributed by atoms with Crippen LogP contribution in [0.4, 0.5) is 0 Å². The highest BCUT2D eigenvalue weighted by molar-refractivity contribution is 5.84. The van der Waals surface area contributed by atoms with E-state index >= 15 is 0 Å². The van der Waals surface area contributed by atoms with Crippen LogP contribution in [0.25, 0.3) is 0 Å². The van der Waals surface area contributed by atoms with Gasteiger partial charge in [0.2, 0.25) is 11.8 Å². The topological polar surface area (TPSA) is 49.4 Å². The molecule has 0 unspecified atom stereocenters. The number of nitrogens with zero attached hydrogens (tertiary/aromatic N) is 1. The number of carbonyl (C=O) groups is 2. The average molecular weight is 320 g/mol. The maximum Gasteiger partial charge on any atom is 0.224 e. The number of hydrogen-bond donors (Lipinski definition) is 1. The summed E-state index contributed by atoms with van der Waals surface area (Å²) < 4.78 is 0. The van der Waals surface area contributed by atoms with Crippen molar-refractivity contribution in [1.82, 2.24) is 10.2 Å². The van der Waals surface area contributed by atoms with Crippen LogP contribution >= 0.6 is 0 Å². The summed E-state index contributed by atoms with van der Waals surface area (Å²) >= 11 is 0. The Morgan fingerprint density at radius 3 is 2.04 bits per heavy atom. The number of carbonyl (C=O) groups excluding carboxylic acids is 2. The van der Waals surface area contributed by atoms with Crippen molar-refractivity contribution in [1.29, 1.82) is 0 Å². The van der Waals surface area contributed by atoms with Gasteiger partial charge in [-0.15, -0.1) is 0 Å². The summed E-state index contributed by atoms with van der Waals surface area (Å²) in [6, 6.07) is 20.2. The Labute approximate surface area is 141 Å². The van der Waals surface area contributed by atoms with Gasteiger partial charge in [-0.2, -0.15) is 0 Å². The Bertz CT molecular complexity index is 705. The maximum absolute atomic E-state index is 12.8. The smallest absolute Gasteiger partial charge is 0.224 e. The van der Waals surface area contributed by atoms with Crippen molar-refractivity contribution < 1.29 is 9.59 Å². The first-order chi connectivity index (χ1) is 11.7. The third kappa shape index (κ3) is 2.58. The highest BCUT2D eigenvalue weighted by Crippen LogP contribution is 2.39. The van der Waals surface area contributed by atoms with E-state index in [-0.39, 0.29) is 29.8 Å². The van der Waals surface area contributed by atoms with Crippen molar-refractivity contribution in [3.8, 4) is 0 Å². The van der Waals surface area contributed by atoms with E-state index in [0.29, 0.717) is 19.4 Å². The molecule has 2 saturated heterocycles. The molecule has 0 spiro atoms. The van der Waals surface area contributed by atoms with Crippen LogP contribution < -0.4 is 5.32 Å². The minimum absolute atomic E-state index is 0.0573. The average Bonchev–Trinajstić information content (AvgIpc) is 2.92. The molecule has 2 aromatic carbocycles. The molecule has 2 fully saturated rings. The molecule has 2 aromatic rings. The van der Waals surface area contributed by atoms with Gasteiger partial charge in [-0.1, -0.05) is 60.7 Å². The van der Waals surface area contributed by atoms with Crippen LogP contribution in [0, 0.1) is 5.92 Å². The van der Waals surface area contributed by atoms with E-state index in [1.807, 2.05) is 41.3 Å². The second kappa shape index (κ2) is 6.11. The quantitative estimate of drug-likeness (QED) is 0.945. The SMILES string of the molecule is O=C1C[C@H]2CC(=O)N(C(c3ccccc3)c3ccccc3)[C@H]2CN1. The number of nitrogens with one attached hydrogen (secondary N) is 1. The van der Waals surface area contributed by atoms with Gasteiger partial charge in [0.1, 0.15) is 0 Å². The fourth-order valence-electron chi connectivity index (χ4n) is 4.00. The zero-order chi connectivity index (χ0) is 16.5. The van der Waals surface area contributed by atoms with Crippen LogP contribution in [0.15, 0.2) is 60.7 Å². The van der Waals surface area contributed by atoms with Crippen molar-refractivity contribution in [2.75, 3.05) is 6.54 Å². The molecular weight excluding hydrogens is 300 g/mol. The van der Waals surface area contributed by atoms with Gasteiger partial charge in [0.05, 0.1) is 12.1 Å². The molecule has 0 aliphatic carbocycles. The molecule has 4 nitrogen and oxygen atoms in total. The highest BCUT2D eigenvalue weighted by Gasteiger charge is 2.46. The van der Waals surface area contributed by atoms with Crippen molar-refractivity contribution in [2.45, 2.75) is 24.9 Å². The van der Waals surface area contributed by atoms with Crippen LogP contribution in [0.5, 0.6) is 0 Å². The number of rotatable bonds is 3. The summed E-state index contributed by atoms with van der Waals surface area (Å²) in [4.78, 5) is 26.5. The van der Waals surface area contributed by atoms with Crippen molar-refractivity contribution in [2.24, 2.45) is 5.92 Å². The Balaban J connectivity index is 1.76. The number of amides is 2. The molecule has 2 aliphatic heterocycles. The minimum Gasteiger partial charge on any atom is -0.354 e. The first-order valence-electron chi connectivity index (χ1n) is 8.42. The van der Waals surface area contributed by atoms with Crippen LogP contribution in [0.3, 0.4) is 0 Å². The van der Waals surface area contributed by atoms with Crippen LogP contribution in [0.1, 0.15) is 30.0 Å².